The third-order valence-electron chi connectivity index (χ3n) is 19.5. The van der Waals surface area contributed by atoms with Crippen molar-refractivity contribution in [1.82, 2.24) is 39.9 Å². The largest absolute Gasteiger partial charge is 0.324 e. The van der Waals surface area contributed by atoms with Gasteiger partial charge in [-0.05, 0) is 97.9 Å². The Balaban J connectivity index is 1.10. The molecule has 8 bridgehead atoms. The van der Waals surface area contributed by atoms with Crippen molar-refractivity contribution in [3.05, 3.63) is 95.1 Å². The highest BCUT2D eigenvalue weighted by atomic mass is 15.1. The number of unbranched alkanes of at least 4 members (excludes halogenated alkanes) is 36. The van der Waals surface area contributed by atoms with Crippen molar-refractivity contribution < 1.29 is 0 Å². The Hall–Kier alpha value is -5.76. The lowest BCUT2D eigenvalue weighted by molar-refractivity contribution is 0.553. The van der Waals surface area contributed by atoms with Crippen LogP contribution in [-0.2, 0) is 25.7 Å². The van der Waals surface area contributed by atoms with Crippen LogP contribution in [0.4, 0.5) is 0 Å². The highest BCUT2D eigenvalue weighted by Gasteiger charge is 2.23. The molecule has 0 aliphatic carbocycles. The van der Waals surface area contributed by atoms with Crippen LogP contribution in [0.15, 0.2) is 72.8 Å². The lowest BCUT2D eigenvalue weighted by Crippen LogP contribution is -1.97. The molecule has 2 aliphatic rings. The van der Waals surface area contributed by atoms with E-state index in [-0.39, 0.29) is 0 Å². The van der Waals surface area contributed by atoms with Crippen molar-refractivity contribution in [2.75, 3.05) is 0 Å². The van der Waals surface area contributed by atoms with Crippen LogP contribution in [-0.4, -0.2) is 39.9 Å². The zero-order valence-corrected chi connectivity index (χ0v) is 55.7. The SMILES string of the molecule is CCCCCCCCCCCCc1cc2c3nc4nc(nc5[nH]c(nc6nc(nc([nH]3)c2cc1CCCCCCCCCCCC)-c1ccccc1-6)c1cc(CCCCCCCCCCCC)c(CCCCCCCCCCCC)cc51)-c1ccccc1-4. The van der Waals surface area contributed by atoms with Gasteiger partial charge in [0.25, 0.3) is 0 Å². The molecule has 0 unspecified atom stereocenters. The van der Waals surface area contributed by atoms with E-state index in [0.717, 1.165) is 92.1 Å². The molecule has 9 rings (SSSR count). The average molecular weight is 1190 g/mol. The Labute approximate surface area is 532 Å². The van der Waals surface area contributed by atoms with E-state index in [1.54, 1.807) is 0 Å². The molecule has 8 heteroatoms. The topological polar surface area (TPSA) is 109 Å². The molecule has 0 fully saturated rings. The second-order valence-electron chi connectivity index (χ2n) is 26.8. The normalized spacial score (nSPS) is 12.0. The van der Waals surface area contributed by atoms with Crippen LogP contribution >= 0.6 is 0 Å². The minimum Gasteiger partial charge on any atom is -0.324 e. The molecule has 0 saturated heterocycles. The number of rotatable bonds is 44. The second-order valence-corrected chi connectivity index (χ2v) is 26.8. The van der Waals surface area contributed by atoms with Gasteiger partial charge in [-0.1, -0.05) is 307 Å². The van der Waals surface area contributed by atoms with Crippen LogP contribution in [0.3, 0.4) is 0 Å². The summed E-state index contributed by atoms with van der Waals surface area (Å²) in [6.07, 6.45) is 57.7. The van der Waals surface area contributed by atoms with E-state index in [4.69, 9.17) is 29.9 Å². The summed E-state index contributed by atoms with van der Waals surface area (Å²) >= 11 is 0. The van der Waals surface area contributed by atoms with Crippen molar-refractivity contribution in [3.8, 4) is 45.6 Å². The van der Waals surface area contributed by atoms with Crippen molar-refractivity contribution in [1.29, 1.82) is 0 Å². The second kappa shape index (κ2) is 37.4. The summed E-state index contributed by atoms with van der Waals surface area (Å²) in [5, 5.41) is 4.36. The van der Waals surface area contributed by atoms with Crippen LogP contribution < -0.4 is 0 Å². The number of nitrogens with zero attached hydrogens (tertiary/aromatic N) is 6. The minimum absolute atomic E-state index is 0.669. The van der Waals surface area contributed by atoms with Crippen LogP contribution in [0.25, 0.3) is 89.7 Å². The lowest BCUT2D eigenvalue weighted by Gasteiger charge is -2.11. The van der Waals surface area contributed by atoms with Crippen molar-refractivity contribution >= 4 is 44.1 Å². The molecule has 0 atom stereocenters. The number of aryl methyl sites for hydroxylation is 4. The summed E-state index contributed by atoms with van der Waals surface area (Å²) in [5.41, 5.74) is 12.9. The van der Waals surface area contributed by atoms with Gasteiger partial charge in [0.2, 0.25) is 0 Å². The first kappa shape index (κ1) is 66.7. The third kappa shape index (κ3) is 19.6. The summed E-state index contributed by atoms with van der Waals surface area (Å²) < 4.78 is 0. The molecule has 0 amide bonds. The maximum Gasteiger partial charge on any atom is 0.164 e. The van der Waals surface area contributed by atoms with E-state index in [1.165, 1.54) is 279 Å². The number of H-pyrrole nitrogens is 2. The van der Waals surface area contributed by atoms with E-state index < -0.39 is 0 Å². The Morgan fingerprint density at radius 3 is 0.602 bits per heavy atom. The lowest BCUT2D eigenvalue weighted by atomic mass is 9.94. The van der Waals surface area contributed by atoms with Crippen molar-refractivity contribution in [3.63, 3.8) is 0 Å². The molecule has 474 valence electrons. The fourth-order valence-corrected chi connectivity index (χ4v) is 14.1. The van der Waals surface area contributed by atoms with Crippen LogP contribution in [0.5, 0.6) is 0 Å². The Kier molecular flexibility index (Phi) is 28.3. The van der Waals surface area contributed by atoms with Crippen LogP contribution in [0.1, 0.15) is 307 Å². The third-order valence-corrected chi connectivity index (χ3v) is 19.5. The molecule has 3 aromatic heterocycles. The molecule has 4 aromatic carbocycles. The van der Waals surface area contributed by atoms with Gasteiger partial charge in [0.1, 0.15) is 22.6 Å². The summed E-state index contributed by atoms with van der Waals surface area (Å²) in [5.74, 6) is 2.67. The Morgan fingerprint density at radius 1 is 0.227 bits per heavy atom. The highest BCUT2D eigenvalue weighted by Crippen LogP contribution is 2.39. The first-order valence-corrected chi connectivity index (χ1v) is 36.9. The van der Waals surface area contributed by atoms with Crippen molar-refractivity contribution in [2.45, 2.75) is 310 Å². The summed E-state index contributed by atoms with van der Waals surface area (Å²) in [6, 6.07) is 26.9. The molecule has 5 heterocycles. The number of aromatic amines is 2. The number of hydrogen-bond donors (Lipinski definition) is 2. The van der Waals surface area contributed by atoms with Crippen LogP contribution in [0, 0.1) is 0 Å². The van der Waals surface area contributed by atoms with E-state index >= 15 is 0 Å². The number of hydrogen-bond acceptors (Lipinski definition) is 6. The molecule has 8 nitrogen and oxygen atoms in total. The van der Waals surface area contributed by atoms with E-state index in [2.05, 4.69) is 110 Å². The van der Waals surface area contributed by atoms with Gasteiger partial charge in [0, 0.05) is 43.8 Å². The number of aromatic nitrogens is 8. The molecule has 2 aliphatic heterocycles. The van der Waals surface area contributed by atoms with E-state index in [1.807, 2.05) is 0 Å². The molecule has 0 spiro atoms. The van der Waals surface area contributed by atoms with Gasteiger partial charge < -0.3 is 9.97 Å². The maximum absolute atomic E-state index is 5.54. The van der Waals surface area contributed by atoms with Gasteiger partial charge in [-0.3, -0.25) is 0 Å². The summed E-state index contributed by atoms with van der Waals surface area (Å²) in [4.78, 5) is 40.5. The number of benzene rings is 4. The standard InChI is InChI=1S/C80H114N8/c1-5-9-13-17-21-25-29-33-37-41-49-61-57-69-70(58-62(61)50-42-38-34-30-26-22-18-14-10-6-2)78-84-74-67-55-47-48-56-68(67)76(82-74)86-80-72-60-64(52-44-40-36-32-28-24-20-16-12-8-4)63(51-43-39-35-31-27-23-19-15-11-7-3)59-71(72)79(88-80)85-75-66-54-46-45-53-65(66)73(81-75)83-77(69)87-78/h45-48,53-60H,5-44,49-52H2,1-4H3,(H2,81,82,83,84,85,86,87,88). The van der Waals surface area contributed by atoms with Gasteiger partial charge in [0.05, 0.1) is 0 Å². The summed E-state index contributed by atoms with van der Waals surface area (Å²) in [7, 11) is 0. The fraction of sp³-hybridized carbons (Fsp3) is 0.600. The fourth-order valence-electron chi connectivity index (χ4n) is 14.1. The summed E-state index contributed by atoms with van der Waals surface area (Å²) in [6.45, 7) is 9.24. The molecule has 7 aromatic rings. The number of nitrogens with one attached hydrogen (secondary N) is 2. The first-order valence-electron chi connectivity index (χ1n) is 36.9. The van der Waals surface area contributed by atoms with Gasteiger partial charge in [0.15, 0.2) is 23.3 Å². The quantitative estimate of drug-likeness (QED) is 0.0368. The van der Waals surface area contributed by atoms with Gasteiger partial charge in [-0.15, -0.1) is 0 Å². The zero-order valence-electron chi connectivity index (χ0n) is 55.7. The molecule has 88 heavy (non-hydrogen) atoms. The van der Waals surface area contributed by atoms with Gasteiger partial charge in [-0.25, -0.2) is 29.9 Å². The molecule has 0 saturated carbocycles. The monoisotopic (exact) mass is 1190 g/mol. The molecule has 2 N–H and O–H groups in total. The predicted octanol–water partition coefficient (Wildman–Crippen LogP) is 24.7. The highest BCUT2D eigenvalue weighted by molar-refractivity contribution is 6.07. The smallest absolute Gasteiger partial charge is 0.164 e. The zero-order chi connectivity index (χ0) is 60.8. The Morgan fingerprint density at radius 2 is 0.409 bits per heavy atom. The average Bonchev–Trinajstić information content (AvgIpc) is 2.37. The first-order chi connectivity index (χ1) is 43.6. The molecule has 0 radical (unpaired) electrons. The van der Waals surface area contributed by atoms with E-state index in [9.17, 15) is 0 Å². The van der Waals surface area contributed by atoms with Crippen LogP contribution in [0.2, 0.25) is 0 Å². The molecular formula is C80H114N8. The van der Waals surface area contributed by atoms with Gasteiger partial charge in [-0.2, -0.15) is 0 Å². The van der Waals surface area contributed by atoms with Gasteiger partial charge >= 0.3 is 0 Å². The molecular weight excluding hydrogens is 1070 g/mol. The number of fused-ring (bicyclic) bond motifs is 20. The predicted molar refractivity (Wildman–Crippen MR) is 378 cm³/mol. The van der Waals surface area contributed by atoms with E-state index in [0.29, 0.717) is 23.3 Å². The maximum atomic E-state index is 5.54. The Bertz CT molecular complexity index is 2930. The van der Waals surface area contributed by atoms with Crippen molar-refractivity contribution in [2.24, 2.45) is 0 Å². The minimum atomic E-state index is 0.669.